The molecule has 0 radical (unpaired) electrons. The van der Waals surface area contributed by atoms with Gasteiger partial charge < -0.3 is 15.2 Å². The highest BCUT2D eigenvalue weighted by Crippen LogP contribution is 2.36. The lowest BCUT2D eigenvalue weighted by Crippen LogP contribution is -2.24. The second-order valence-electron chi connectivity index (χ2n) is 8.09. The number of anilines is 1. The van der Waals surface area contributed by atoms with Gasteiger partial charge >= 0.3 is 0 Å². The van der Waals surface area contributed by atoms with Crippen molar-refractivity contribution in [3.05, 3.63) is 66.0 Å². The molecule has 0 aliphatic rings. The number of aryl methyl sites for hydroxylation is 1. The molecule has 0 atom stereocenters. The van der Waals surface area contributed by atoms with Crippen molar-refractivity contribution in [3.8, 4) is 10.6 Å². The van der Waals surface area contributed by atoms with Crippen LogP contribution in [0.2, 0.25) is 0 Å². The van der Waals surface area contributed by atoms with Gasteiger partial charge in [0.15, 0.2) is 21.3 Å². The summed E-state index contributed by atoms with van der Waals surface area (Å²) in [4.78, 5) is 26.6. The van der Waals surface area contributed by atoms with E-state index in [1.165, 1.54) is 23.5 Å². The number of pyridine rings is 1. The highest BCUT2D eigenvalue weighted by Gasteiger charge is 2.19. The van der Waals surface area contributed by atoms with Crippen molar-refractivity contribution < 1.29 is 13.2 Å². The molecule has 5 aromatic rings. The van der Waals surface area contributed by atoms with Gasteiger partial charge in [-0.3, -0.25) is 4.79 Å². The Hall–Kier alpha value is -3.83. The minimum Gasteiger partial charge on any atom is -0.371 e. The summed E-state index contributed by atoms with van der Waals surface area (Å²) in [6, 6.07) is 13.9. The molecule has 3 aromatic heterocycles. The lowest BCUT2D eigenvalue weighted by molar-refractivity contribution is 0.0947. The summed E-state index contributed by atoms with van der Waals surface area (Å²) in [5.74, 6) is 0.231. The number of benzene rings is 2. The zero-order valence-electron chi connectivity index (χ0n) is 19.2. The van der Waals surface area contributed by atoms with E-state index >= 15 is 0 Å². The van der Waals surface area contributed by atoms with E-state index in [1.54, 1.807) is 18.5 Å². The van der Waals surface area contributed by atoms with Crippen LogP contribution in [-0.2, 0) is 23.4 Å². The summed E-state index contributed by atoms with van der Waals surface area (Å²) in [5, 5.41) is 6.72. The standard InChI is InChI=1S/C24H22N6O3S2/c1-25-21-18-19(30(2)13-27-18)20-22(28-21)29-24(34-20)15-8-6-7-14(11-15)12-26-23(31)16-9-4-5-10-17(16)35(3,32)33/h4-11,13H,12H2,1-3H3,(H,25,28)(H,26,31). The summed E-state index contributed by atoms with van der Waals surface area (Å²) in [6.45, 7) is 0.240. The van der Waals surface area contributed by atoms with E-state index in [-0.39, 0.29) is 17.0 Å². The third-order valence-electron chi connectivity index (χ3n) is 5.60. The number of fused-ring (bicyclic) bond motifs is 3. The predicted octanol–water partition coefficient (Wildman–Crippen LogP) is 3.62. The Bertz CT molecular complexity index is 1710. The van der Waals surface area contributed by atoms with Gasteiger partial charge in [-0.05, 0) is 23.8 Å². The maximum Gasteiger partial charge on any atom is 0.252 e. The Kier molecular flexibility index (Phi) is 5.73. The van der Waals surface area contributed by atoms with Crippen molar-refractivity contribution in [1.29, 1.82) is 0 Å². The SMILES string of the molecule is CNc1nc2nc(-c3cccc(CNC(=O)c4ccccc4S(C)(=O)=O)c3)sc2c2c1ncn2C. The number of carbonyl (C=O) groups excluding carboxylic acids is 1. The molecule has 0 aliphatic carbocycles. The van der Waals surface area contributed by atoms with Crippen LogP contribution in [0, 0.1) is 0 Å². The van der Waals surface area contributed by atoms with Gasteiger partial charge in [0.2, 0.25) is 0 Å². The second-order valence-corrected chi connectivity index (χ2v) is 11.1. The van der Waals surface area contributed by atoms with Gasteiger partial charge in [0.25, 0.3) is 5.91 Å². The molecule has 9 nitrogen and oxygen atoms in total. The first-order valence-corrected chi connectivity index (χ1v) is 13.4. The number of nitrogens with zero attached hydrogens (tertiary/aromatic N) is 4. The molecule has 0 unspecified atom stereocenters. The molecule has 0 saturated carbocycles. The number of hydrogen-bond donors (Lipinski definition) is 2. The van der Waals surface area contributed by atoms with Crippen molar-refractivity contribution in [2.75, 3.05) is 18.6 Å². The number of imidazole rings is 1. The van der Waals surface area contributed by atoms with Crippen LogP contribution < -0.4 is 10.6 Å². The highest BCUT2D eigenvalue weighted by atomic mass is 32.2. The predicted molar refractivity (Wildman–Crippen MR) is 137 cm³/mol. The monoisotopic (exact) mass is 506 g/mol. The van der Waals surface area contributed by atoms with E-state index in [4.69, 9.17) is 4.98 Å². The van der Waals surface area contributed by atoms with Gasteiger partial charge in [0, 0.05) is 32.5 Å². The minimum atomic E-state index is -3.52. The van der Waals surface area contributed by atoms with E-state index in [2.05, 4.69) is 20.6 Å². The largest absolute Gasteiger partial charge is 0.371 e. The van der Waals surface area contributed by atoms with Gasteiger partial charge in [-0.1, -0.05) is 30.3 Å². The molecular formula is C24H22N6O3S2. The summed E-state index contributed by atoms with van der Waals surface area (Å²) >= 11 is 1.54. The van der Waals surface area contributed by atoms with Crippen molar-refractivity contribution in [2.45, 2.75) is 11.4 Å². The number of sulfone groups is 1. The number of aromatic nitrogens is 4. The zero-order valence-corrected chi connectivity index (χ0v) is 20.9. The van der Waals surface area contributed by atoms with Crippen LogP contribution in [-0.4, -0.2) is 47.1 Å². The molecule has 0 bridgehead atoms. The lowest BCUT2D eigenvalue weighted by Gasteiger charge is -2.09. The van der Waals surface area contributed by atoms with E-state index in [1.807, 2.05) is 42.9 Å². The Morgan fingerprint density at radius 1 is 1.11 bits per heavy atom. The molecule has 178 valence electrons. The van der Waals surface area contributed by atoms with E-state index in [9.17, 15) is 13.2 Å². The minimum absolute atomic E-state index is 0.00986. The molecule has 1 amide bonds. The van der Waals surface area contributed by atoms with Crippen LogP contribution in [0.3, 0.4) is 0 Å². The van der Waals surface area contributed by atoms with Crippen molar-refractivity contribution in [1.82, 2.24) is 24.8 Å². The molecule has 35 heavy (non-hydrogen) atoms. The van der Waals surface area contributed by atoms with Crippen molar-refractivity contribution >= 4 is 54.3 Å². The van der Waals surface area contributed by atoms with E-state index in [0.717, 1.165) is 38.1 Å². The first-order valence-electron chi connectivity index (χ1n) is 10.7. The molecule has 11 heteroatoms. The number of amides is 1. The van der Waals surface area contributed by atoms with Crippen LogP contribution in [0.15, 0.2) is 59.8 Å². The molecule has 0 fully saturated rings. The molecule has 3 heterocycles. The Balaban J connectivity index is 1.44. The molecule has 2 N–H and O–H groups in total. The number of rotatable bonds is 6. The number of nitrogens with one attached hydrogen (secondary N) is 2. The van der Waals surface area contributed by atoms with Crippen LogP contribution in [0.4, 0.5) is 5.82 Å². The highest BCUT2D eigenvalue weighted by molar-refractivity contribution is 7.90. The maximum absolute atomic E-state index is 12.7. The fourth-order valence-electron chi connectivity index (χ4n) is 3.94. The molecule has 0 aliphatic heterocycles. The molecule has 5 rings (SSSR count). The average molecular weight is 507 g/mol. The maximum atomic E-state index is 12.7. The third-order valence-corrected chi connectivity index (χ3v) is 7.85. The summed E-state index contributed by atoms with van der Waals surface area (Å²) in [5.41, 5.74) is 4.30. The van der Waals surface area contributed by atoms with Crippen LogP contribution >= 0.6 is 11.3 Å². The van der Waals surface area contributed by atoms with Gasteiger partial charge in [-0.25, -0.2) is 23.4 Å². The van der Waals surface area contributed by atoms with E-state index in [0.29, 0.717) is 11.5 Å². The average Bonchev–Trinajstić information content (AvgIpc) is 3.45. The van der Waals surface area contributed by atoms with E-state index < -0.39 is 15.7 Å². The van der Waals surface area contributed by atoms with Gasteiger partial charge in [0.05, 0.1) is 22.3 Å². The number of thiazole rings is 1. The second kappa shape index (κ2) is 8.75. The fourth-order valence-corrected chi connectivity index (χ4v) is 5.92. The first kappa shape index (κ1) is 22.9. The van der Waals surface area contributed by atoms with Crippen LogP contribution in [0.1, 0.15) is 15.9 Å². The molecular weight excluding hydrogens is 484 g/mol. The van der Waals surface area contributed by atoms with Crippen LogP contribution in [0.5, 0.6) is 0 Å². The number of carbonyl (C=O) groups is 1. The lowest BCUT2D eigenvalue weighted by atomic mass is 10.1. The third kappa shape index (κ3) is 4.24. The molecule has 0 spiro atoms. The summed E-state index contributed by atoms with van der Waals surface area (Å²) in [6.07, 6.45) is 2.85. The van der Waals surface area contributed by atoms with Crippen molar-refractivity contribution in [2.24, 2.45) is 7.05 Å². The summed E-state index contributed by atoms with van der Waals surface area (Å²) < 4.78 is 27.0. The summed E-state index contributed by atoms with van der Waals surface area (Å²) in [7, 11) is 0.230. The van der Waals surface area contributed by atoms with Crippen LogP contribution in [0.25, 0.3) is 32.0 Å². The normalized spacial score (nSPS) is 11.7. The topological polar surface area (TPSA) is 119 Å². The smallest absolute Gasteiger partial charge is 0.252 e. The molecule has 2 aromatic carbocycles. The Morgan fingerprint density at radius 2 is 1.91 bits per heavy atom. The van der Waals surface area contributed by atoms with Gasteiger partial charge in [-0.2, -0.15) is 0 Å². The molecule has 0 saturated heterocycles. The number of hydrogen-bond acceptors (Lipinski definition) is 8. The van der Waals surface area contributed by atoms with Crippen molar-refractivity contribution in [3.63, 3.8) is 0 Å². The Morgan fingerprint density at radius 3 is 2.69 bits per heavy atom. The van der Waals surface area contributed by atoms with Gasteiger partial charge in [-0.15, -0.1) is 11.3 Å². The first-order chi connectivity index (χ1) is 16.8. The fraction of sp³-hybridized carbons (Fsp3) is 0.167. The zero-order chi connectivity index (χ0) is 24.7. The quantitative estimate of drug-likeness (QED) is 0.361. The van der Waals surface area contributed by atoms with Gasteiger partial charge in [0.1, 0.15) is 15.2 Å². The Labute approximate surface area is 205 Å².